The minimum absolute atomic E-state index is 0.102. The lowest BCUT2D eigenvalue weighted by Crippen LogP contribution is -2.04. The first-order valence-electron chi connectivity index (χ1n) is 4.03. The van der Waals surface area contributed by atoms with Gasteiger partial charge in [-0.2, -0.15) is 0 Å². The second-order valence-corrected chi connectivity index (χ2v) is 2.58. The summed E-state index contributed by atoms with van der Waals surface area (Å²) in [5.41, 5.74) is 1.08. The Morgan fingerprint density at radius 2 is 2.00 bits per heavy atom. The average Bonchev–Trinajstić information content (AvgIpc) is 2.11. The van der Waals surface area contributed by atoms with Gasteiger partial charge in [-0.15, -0.1) is 0 Å². The lowest BCUT2D eigenvalue weighted by Gasteiger charge is -2.07. The van der Waals surface area contributed by atoms with E-state index in [1.807, 2.05) is 6.92 Å². The first kappa shape index (κ1) is 11.4. The molecule has 0 unspecified atom stereocenters. The van der Waals surface area contributed by atoms with Gasteiger partial charge in [0.05, 0.1) is 5.71 Å². The van der Waals surface area contributed by atoms with E-state index < -0.39 is 0 Å². The summed E-state index contributed by atoms with van der Waals surface area (Å²) in [4.78, 5) is 0. The minimum Gasteiger partial charge on any atom is -0.508 e. The van der Waals surface area contributed by atoms with Crippen molar-refractivity contribution in [2.24, 2.45) is 0 Å². The molecule has 70 valence electrons. The smallest absolute Gasteiger partial charge is 0.117 e. The Bertz CT molecular complexity index is 284. The van der Waals surface area contributed by atoms with Gasteiger partial charge < -0.3 is 5.11 Å². The summed E-state index contributed by atoms with van der Waals surface area (Å²) in [7, 11) is 0. The van der Waals surface area contributed by atoms with Crippen LogP contribution in [-0.2, 0) is 0 Å². The van der Waals surface area contributed by atoms with Crippen LogP contribution in [0.1, 0.15) is 13.3 Å². The Balaban J connectivity index is 4.88. The predicted octanol–water partition coefficient (Wildman–Crippen LogP) is 3.16. The van der Waals surface area contributed by atoms with Crippen LogP contribution < -0.4 is 0 Å². The Kier molecular flexibility index (Phi) is 4.52. The molecule has 0 rings (SSSR count). The van der Waals surface area contributed by atoms with Gasteiger partial charge >= 0.3 is 0 Å². The van der Waals surface area contributed by atoms with Crippen LogP contribution in [0.5, 0.6) is 0 Å². The van der Waals surface area contributed by atoms with Crippen molar-refractivity contribution in [3.8, 4) is 0 Å². The zero-order valence-electron chi connectivity index (χ0n) is 7.93. The third kappa shape index (κ3) is 3.11. The number of nitrogens with one attached hydrogen (secondary N) is 1. The fourth-order valence-electron chi connectivity index (χ4n) is 0.843. The van der Waals surface area contributed by atoms with Crippen molar-refractivity contribution in [3.05, 3.63) is 48.8 Å². The van der Waals surface area contributed by atoms with Crippen molar-refractivity contribution >= 4 is 5.71 Å². The second-order valence-electron chi connectivity index (χ2n) is 2.58. The highest BCUT2D eigenvalue weighted by atomic mass is 16.3. The second kappa shape index (κ2) is 5.14. The summed E-state index contributed by atoms with van der Waals surface area (Å²) in [6, 6.07) is 0. The summed E-state index contributed by atoms with van der Waals surface area (Å²) in [6.45, 7) is 12.4. The van der Waals surface area contributed by atoms with E-state index >= 15 is 0 Å². The topological polar surface area (TPSA) is 44.1 Å². The van der Waals surface area contributed by atoms with Crippen LogP contribution in [0.2, 0.25) is 0 Å². The van der Waals surface area contributed by atoms with Gasteiger partial charge in [-0.25, -0.2) is 0 Å². The van der Waals surface area contributed by atoms with Gasteiger partial charge in [0, 0.05) is 5.57 Å². The number of rotatable bonds is 5. The quantitative estimate of drug-likeness (QED) is 0.378. The third-order valence-electron chi connectivity index (χ3n) is 1.56. The van der Waals surface area contributed by atoms with E-state index in [1.54, 1.807) is 6.08 Å². The average molecular weight is 177 g/mol. The van der Waals surface area contributed by atoms with E-state index in [0.29, 0.717) is 11.1 Å². The lowest BCUT2D eigenvalue weighted by atomic mass is 10.0. The van der Waals surface area contributed by atoms with Crippen molar-refractivity contribution in [1.82, 2.24) is 0 Å². The van der Waals surface area contributed by atoms with E-state index in [2.05, 4.69) is 19.7 Å². The molecule has 0 heterocycles. The van der Waals surface area contributed by atoms with Crippen LogP contribution in [0.25, 0.3) is 0 Å². The van der Waals surface area contributed by atoms with Crippen LogP contribution in [0, 0.1) is 5.41 Å². The molecule has 0 aromatic carbocycles. The molecule has 0 bridgehead atoms. The maximum atomic E-state index is 9.18. The molecule has 0 spiro atoms. The minimum atomic E-state index is -0.102. The molecular formula is C11H15NO. The number of allylic oxidation sites excluding steroid dienone is 4. The maximum absolute atomic E-state index is 9.18. The Morgan fingerprint density at radius 1 is 1.46 bits per heavy atom. The van der Waals surface area contributed by atoms with Gasteiger partial charge in [0.2, 0.25) is 0 Å². The fourth-order valence-corrected chi connectivity index (χ4v) is 0.843. The van der Waals surface area contributed by atoms with E-state index in [0.717, 1.165) is 6.42 Å². The molecule has 2 heteroatoms. The SMILES string of the molecule is C=CC(=C)C(=N)/C(=C/CC)C(=C)O. The van der Waals surface area contributed by atoms with E-state index in [-0.39, 0.29) is 11.5 Å². The summed E-state index contributed by atoms with van der Waals surface area (Å²) in [6.07, 6.45) is 3.95. The zero-order chi connectivity index (χ0) is 10.4. The highest BCUT2D eigenvalue weighted by Gasteiger charge is 2.08. The standard InChI is InChI=1S/C11H15NO/c1-5-7-10(9(4)13)11(12)8(3)6-2/h6-7,12-13H,2-5H2,1H3/b10-7+,12-11?. The van der Waals surface area contributed by atoms with E-state index in [9.17, 15) is 5.11 Å². The molecule has 0 aliphatic rings. The van der Waals surface area contributed by atoms with Gasteiger partial charge in [-0.1, -0.05) is 38.8 Å². The van der Waals surface area contributed by atoms with Gasteiger partial charge in [-0.3, -0.25) is 5.41 Å². The molecule has 0 aliphatic heterocycles. The largest absolute Gasteiger partial charge is 0.508 e. The molecule has 13 heavy (non-hydrogen) atoms. The number of aliphatic hydroxyl groups is 1. The summed E-state index contributed by atoms with van der Waals surface area (Å²) in [5.74, 6) is -0.102. The van der Waals surface area contributed by atoms with Crippen LogP contribution >= 0.6 is 0 Å². The van der Waals surface area contributed by atoms with Crippen molar-refractivity contribution in [2.45, 2.75) is 13.3 Å². The van der Waals surface area contributed by atoms with Crippen LogP contribution in [0.3, 0.4) is 0 Å². The molecule has 0 radical (unpaired) electrons. The highest BCUT2D eigenvalue weighted by Crippen LogP contribution is 2.12. The monoisotopic (exact) mass is 177 g/mol. The highest BCUT2D eigenvalue weighted by molar-refractivity contribution is 6.13. The normalized spacial score (nSPS) is 10.7. The molecule has 0 fully saturated rings. The van der Waals surface area contributed by atoms with E-state index in [1.165, 1.54) is 6.08 Å². The molecule has 0 saturated carbocycles. The van der Waals surface area contributed by atoms with Gasteiger partial charge in [0.15, 0.2) is 0 Å². The molecule has 0 aliphatic carbocycles. The third-order valence-corrected chi connectivity index (χ3v) is 1.56. The van der Waals surface area contributed by atoms with Gasteiger partial charge in [0.25, 0.3) is 0 Å². The number of hydrogen-bond acceptors (Lipinski definition) is 2. The molecule has 0 aromatic rings. The summed E-state index contributed by atoms with van der Waals surface area (Å²) >= 11 is 0. The summed E-state index contributed by atoms with van der Waals surface area (Å²) in [5, 5.41) is 16.8. The van der Waals surface area contributed by atoms with Gasteiger partial charge in [0.1, 0.15) is 5.76 Å². The predicted molar refractivity (Wildman–Crippen MR) is 57.2 cm³/mol. The molecule has 0 amide bonds. The number of aliphatic hydroxyl groups excluding tert-OH is 1. The van der Waals surface area contributed by atoms with Crippen LogP contribution in [-0.4, -0.2) is 10.8 Å². The number of hydrogen-bond donors (Lipinski definition) is 2. The molecule has 2 nitrogen and oxygen atoms in total. The molecule has 0 atom stereocenters. The lowest BCUT2D eigenvalue weighted by molar-refractivity contribution is 0.430. The van der Waals surface area contributed by atoms with Crippen molar-refractivity contribution < 1.29 is 5.11 Å². The Labute approximate surface area is 79.1 Å². The van der Waals surface area contributed by atoms with Crippen LogP contribution in [0.4, 0.5) is 0 Å². The van der Waals surface area contributed by atoms with Crippen LogP contribution in [0.15, 0.2) is 48.8 Å². The van der Waals surface area contributed by atoms with Crippen molar-refractivity contribution in [3.63, 3.8) is 0 Å². The van der Waals surface area contributed by atoms with Crippen molar-refractivity contribution in [1.29, 1.82) is 5.41 Å². The van der Waals surface area contributed by atoms with Crippen molar-refractivity contribution in [2.75, 3.05) is 0 Å². The summed E-state index contributed by atoms with van der Waals surface area (Å²) < 4.78 is 0. The Hall–Kier alpha value is -1.57. The Morgan fingerprint density at radius 3 is 2.31 bits per heavy atom. The maximum Gasteiger partial charge on any atom is 0.117 e. The molecule has 2 N–H and O–H groups in total. The first-order chi connectivity index (χ1) is 6.04. The molecule has 0 saturated heterocycles. The molecule has 0 aromatic heterocycles. The fraction of sp³-hybridized carbons (Fsp3) is 0.182. The zero-order valence-corrected chi connectivity index (χ0v) is 7.93. The van der Waals surface area contributed by atoms with Gasteiger partial charge in [-0.05, 0) is 12.0 Å². The molecular weight excluding hydrogens is 162 g/mol. The van der Waals surface area contributed by atoms with E-state index in [4.69, 9.17) is 5.41 Å². The first-order valence-corrected chi connectivity index (χ1v) is 4.03.